The molecule has 0 fully saturated rings. The van der Waals surface area contributed by atoms with Gasteiger partial charge in [0.1, 0.15) is 11.4 Å². The van der Waals surface area contributed by atoms with Crippen LogP contribution in [0.15, 0.2) is 34.9 Å². The molecule has 1 amide bonds. The average molecular weight is 323 g/mol. The van der Waals surface area contributed by atoms with Crippen LogP contribution in [0, 0.1) is 0 Å². The number of pyridine rings is 1. The first-order valence-corrected chi connectivity index (χ1v) is 6.68. The van der Waals surface area contributed by atoms with Crippen LogP contribution in [-0.4, -0.2) is 16.7 Å². The fourth-order valence-electron chi connectivity index (χ4n) is 1.59. The Bertz CT molecular complexity index is 620. The summed E-state index contributed by atoms with van der Waals surface area (Å²) in [5.74, 6) is 0.472. The summed E-state index contributed by atoms with van der Waals surface area (Å²) in [6.45, 7) is 5.45. The van der Waals surface area contributed by atoms with E-state index in [0.717, 1.165) is 15.2 Å². The van der Waals surface area contributed by atoms with Gasteiger partial charge in [-0.15, -0.1) is 0 Å². The quantitative estimate of drug-likeness (QED) is 0.849. The second-order valence-electron chi connectivity index (χ2n) is 5.19. The lowest BCUT2D eigenvalue weighted by molar-refractivity contribution is 0.0635. The van der Waals surface area contributed by atoms with E-state index in [4.69, 9.17) is 4.74 Å². The van der Waals surface area contributed by atoms with E-state index in [1.807, 2.05) is 45.0 Å². The number of carbonyl (C=O) groups is 1. The molecule has 1 N–H and O–H groups in total. The van der Waals surface area contributed by atoms with Crippen LogP contribution in [0.2, 0.25) is 0 Å². The number of aromatic nitrogens is 1. The maximum absolute atomic E-state index is 11.6. The molecule has 0 spiro atoms. The summed E-state index contributed by atoms with van der Waals surface area (Å²) in [6, 6.07) is 7.69. The monoisotopic (exact) mass is 322 g/mol. The van der Waals surface area contributed by atoms with Crippen LogP contribution in [0.5, 0.6) is 0 Å². The van der Waals surface area contributed by atoms with Gasteiger partial charge in [-0.2, -0.15) is 0 Å². The maximum atomic E-state index is 11.6. The molecule has 0 aliphatic heterocycles. The summed E-state index contributed by atoms with van der Waals surface area (Å²) in [7, 11) is 0. The first kappa shape index (κ1) is 13.8. The third-order valence-electron chi connectivity index (χ3n) is 2.31. The zero-order valence-electron chi connectivity index (χ0n) is 11.0. The summed E-state index contributed by atoms with van der Waals surface area (Å²) >= 11 is 3.42. The molecule has 1 heterocycles. The first-order chi connectivity index (χ1) is 8.83. The van der Waals surface area contributed by atoms with Crippen molar-refractivity contribution in [3.63, 3.8) is 0 Å². The number of nitrogens with one attached hydrogen (secondary N) is 1. The van der Waals surface area contributed by atoms with Gasteiger partial charge in [0.15, 0.2) is 0 Å². The number of halogens is 1. The van der Waals surface area contributed by atoms with Gasteiger partial charge >= 0.3 is 6.09 Å². The minimum absolute atomic E-state index is 0.472. The summed E-state index contributed by atoms with van der Waals surface area (Å²) in [6.07, 6.45) is 1.21. The Morgan fingerprint density at radius 2 is 2.00 bits per heavy atom. The van der Waals surface area contributed by atoms with Gasteiger partial charge in [-0.1, -0.05) is 22.0 Å². The lowest BCUT2D eigenvalue weighted by Crippen LogP contribution is -2.27. The van der Waals surface area contributed by atoms with Gasteiger partial charge in [0, 0.05) is 16.1 Å². The van der Waals surface area contributed by atoms with Gasteiger partial charge in [-0.3, -0.25) is 5.32 Å². The number of carbonyl (C=O) groups excluding carboxylic acids is 1. The molecule has 4 nitrogen and oxygen atoms in total. The lowest BCUT2D eigenvalue weighted by Gasteiger charge is -2.19. The van der Waals surface area contributed by atoms with Crippen molar-refractivity contribution in [2.75, 3.05) is 5.32 Å². The smallest absolute Gasteiger partial charge is 0.413 e. The van der Waals surface area contributed by atoms with Crippen molar-refractivity contribution < 1.29 is 9.53 Å². The van der Waals surface area contributed by atoms with Crippen LogP contribution >= 0.6 is 15.9 Å². The number of hydrogen-bond acceptors (Lipinski definition) is 3. The number of anilines is 1. The highest BCUT2D eigenvalue weighted by Gasteiger charge is 2.16. The normalized spacial score (nSPS) is 11.4. The predicted molar refractivity (Wildman–Crippen MR) is 79.3 cm³/mol. The van der Waals surface area contributed by atoms with Gasteiger partial charge in [0.2, 0.25) is 0 Å². The second-order valence-corrected chi connectivity index (χ2v) is 6.10. The van der Waals surface area contributed by atoms with E-state index < -0.39 is 11.7 Å². The minimum atomic E-state index is -0.524. The molecule has 5 heteroatoms. The van der Waals surface area contributed by atoms with Crippen molar-refractivity contribution in [1.82, 2.24) is 4.98 Å². The van der Waals surface area contributed by atoms with Crippen molar-refractivity contribution in [2.45, 2.75) is 26.4 Å². The third kappa shape index (κ3) is 3.92. The molecule has 0 saturated heterocycles. The summed E-state index contributed by atoms with van der Waals surface area (Å²) in [5.41, 5.74) is -0.524. The third-order valence-corrected chi connectivity index (χ3v) is 2.81. The minimum Gasteiger partial charge on any atom is -0.444 e. The van der Waals surface area contributed by atoms with E-state index in [0.29, 0.717) is 5.82 Å². The summed E-state index contributed by atoms with van der Waals surface area (Å²) in [4.78, 5) is 15.8. The van der Waals surface area contributed by atoms with E-state index in [-0.39, 0.29) is 0 Å². The number of ether oxygens (including phenoxy) is 1. The first-order valence-electron chi connectivity index (χ1n) is 5.89. The molecule has 1 aromatic carbocycles. The van der Waals surface area contributed by atoms with E-state index in [9.17, 15) is 4.79 Å². The Balaban J connectivity index is 2.19. The molecule has 0 unspecified atom stereocenters. The molecular weight excluding hydrogens is 308 g/mol. The van der Waals surface area contributed by atoms with Crippen molar-refractivity contribution in [2.24, 2.45) is 0 Å². The highest BCUT2D eigenvalue weighted by molar-refractivity contribution is 9.10. The zero-order valence-corrected chi connectivity index (χ0v) is 12.6. The number of hydrogen-bond donors (Lipinski definition) is 1. The van der Waals surface area contributed by atoms with E-state index in [2.05, 4.69) is 26.2 Å². The molecule has 0 atom stereocenters. The zero-order chi connectivity index (χ0) is 14.0. The van der Waals surface area contributed by atoms with Gasteiger partial charge in [-0.25, -0.2) is 9.78 Å². The van der Waals surface area contributed by atoms with Crippen molar-refractivity contribution in [1.29, 1.82) is 0 Å². The van der Waals surface area contributed by atoms with E-state index in [1.54, 1.807) is 6.20 Å². The standard InChI is InChI=1S/C14H15BrN2O2/c1-14(2,3)19-13(18)17-12-7-10-6-11(15)5-4-9(10)8-16-12/h4-8H,1-3H3,(H,16,17,18). The van der Waals surface area contributed by atoms with Gasteiger partial charge in [0.25, 0.3) is 0 Å². The maximum Gasteiger partial charge on any atom is 0.413 e. The summed E-state index contributed by atoms with van der Waals surface area (Å²) < 4.78 is 6.16. The highest BCUT2D eigenvalue weighted by Crippen LogP contribution is 2.21. The molecule has 0 bridgehead atoms. The Morgan fingerprint density at radius 1 is 1.26 bits per heavy atom. The molecule has 0 aliphatic carbocycles. The second kappa shape index (κ2) is 5.17. The van der Waals surface area contributed by atoms with E-state index in [1.165, 1.54) is 0 Å². The Kier molecular flexibility index (Phi) is 3.75. The Labute approximate surface area is 120 Å². The molecule has 1 aromatic heterocycles. The number of benzene rings is 1. The van der Waals surface area contributed by atoms with Crippen molar-refractivity contribution in [3.8, 4) is 0 Å². The van der Waals surface area contributed by atoms with Crippen LogP contribution in [0.4, 0.5) is 10.6 Å². The molecule has 0 radical (unpaired) electrons. The number of amides is 1. The van der Waals surface area contributed by atoms with E-state index >= 15 is 0 Å². The molecular formula is C14H15BrN2O2. The highest BCUT2D eigenvalue weighted by atomic mass is 79.9. The fraction of sp³-hybridized carbons (Fsp3) is 0.286. The Hall–Kier alpha value is -1.62. The molecule has 2 rings (SSSR count). The molecule has 0 saturated carbocycles. The van der Waals surface area contributed by atoms with Crippen LogP contribution in [0.1, 0.15) is 20.8 Å². The van der Waals surface area contributed by atoms with Crippen LogP contribution in [-0.2, 0) is 4.74 Å². The van der Waals surface area contributed by atoms with Gasteiger partial charge in [-0.05, 0) is 44.4 Å². The molecule has 2 aromatic rings. The van der Waals surface area contributed by atoms with Gasteiger partial charge in [0.05, 0.1) is 0 Å². The summed E-state index contributed by atoms with van der Waals surface area (Å²) in [5, 5.41) is 4.63. The largest absolute Gasteiger partial charge is 0.444 e. The lowest BCUT2D eigenvalue weighted by atomic mass is 10.2. The number of nitrogens with zero attached hydrogens (tertiary/aromatic N) is 1. The number of fused-ring (bicyclic) bond motifs is 1. The van der Waals surface area contributed by atoms with Gasteiger partial charge < -0.3 is 4.74 Å². The predicted octanol–water partition coefficient (Wildman–Crippen LogP) is 4.34. The van der Waals surface area contributed by atoms with Crippen molar-refractivity contribution >= 4 is 38.6 Å². The molecule has 19 heavy (non-hydrogen) atoms. The topological polar surface area (TPSA) is 51.2 Å². The average Bonchev–Trinajstić information content (AvgIpc) is 2.25. The van der Waals surface area contributed by atoms with Crippen LogP contribution in [0.3, 0.4) is 0 Å². The fourth-order valence-corrected chi connectivity index (χ4v) is 1.97. The number of rotatable bonds is 1. The van der Waals surface area contributed by atoms with Crippen LogP contribution < -0.4 is 5.32 Å². The molecule has 0 aliphatic rings. The molecule has 100 valence electrons. The van der Waals surface area contributed by atoms with Crippen molar-refractivity contribution in [3.05, 3.63) is 34.9 Å². The Morgan fingerprint density at radius 3 is 2.68 bits per heavy atom. The SMILES string of the molecule is CC(C)(C)OC(=O)Nc1cc2cc(Br)ccc2cn1. The van der Waals surface area contributed by atoms with Crippen LogP contribution in [0.25, 0.3) is 10.8 Å².